The third kappa shape index (κ3) is 3.98. The molecule has 0 heterocycles. The topological polar surface area (TPSA) is 9.23 Å². The third-order valence-electron chi connectivity index (χ3n) is 1.51. The van der Waals surface area contributed by atoms with Crippen LogP contribution in [0.25, 0.3) is 0 Å². The molecular formula is C11H11ClO. The van der Waals surface area contributed by atoms with E-state index in [1.165, 1.54) is 0 Å². The first kappa shape index (κ1) is 10.1. The molecule has 0 saturated carbocycles. The molecule has 0 spiro atoms. The average Bonchev–Trinajstić information content (AvgIpc) is 2.15. The summed E-state index contributed by atoms with van der Waals surface area (Å²) in [6.45, 7) is 0.681. The maximum atomic E-state index is 5.73. The molecule has 0 fully saturated rings. The van der Waals surface area contributed by atoms with Gasteiger partial charge in [-0.15, -0.1) is 0 Å². The number of rotatable bonds is 2. The molecule has 0 radical (unpaired) electrons. The van der Waals surface area contributed by atoms with Gasteiger partial charge in [-0.25, -0.2) is 0 Å². The van der Waals surface area contributed by atoms with Crippen molar-refractivity contribution < 1.29 is 4.74 Å². The molecule has 0 atom stereocenters. The Morgan fingerprint density at radius 2 is 2.00 bits per heavy atom. The smallest absolute Gasteiger partial charge is 0.0571 e. The Morgan fingerprint density at radius 3 is 2.62 bits per heavy atom. The van der Waals surface area contributed by atoms with E-state index in [1.807, 2.05) is 24.3 Å². The van der Waals surface area contributed by atoms with Crippen LogP contribution in [0, 0.1) is 11.8 Å². The summed E-state index contributed by atoms with van der Waals surface area (Å²) in [6.07, 6.45) is 0.763. The zero-order valence-electron chi connectivity index (χ0n) is 7.51. The number of benzene rings is 1. The van der Waals surface area contributed by atoms with Crippen molar-refractivity contribution >= 4 is 11.6 Å². The van der Waals surface area contributed by atoms with E-state index in [0.29, 0.717) is 6.61 Å². The summed E-state index contributed by atoms with van der Waals surface area (Å²) in [4.78, 5) is 0. The van der Waals surface area contributed by atoms with Gasteiger partial charge in [0.2, 0.25) is 0 Å². The standard InChI is InChI=1S/C11H11ClO/c1-13-9-3-2-4-10-5-7-11(12)8-6-10/h5-8H,3,9H2,1H3. The Balaban J connectivity index is 2.52. The lowest BCUT2D eigenvalue weighted by atomic mass is 10.2. The second-order valence-corrected chi connectivity index (χ2v) is 2.99. The predicted octanol–water partition coefficient (Wildman–Crippen LogP) is 2.73. The summed E-state index contributed by atoms with van der Waals surface area (Å²) in [5, 5.41) is 0.738. The van der Waals surface area contributed by atoms with Gasteiger partial charge in [0.15, 0.2) is 0 Å². The highest BCUT2D eigenvalue weighted by atomic mass is 35.5. The van der Waals surface area contributed by atoms with Crippen LogP contribution in [0.4, 0.5) is 0 Å². The first-order chi connectivity index (χ1) is 6.33. The van der Waals surface area contributed by atoms with Gasteiger partial charge in [-0.3, -0.25) is 0 Å². The number of hydrogen-bond acceptors (Lipinski definition) is 1. The van der Waals surface area contributed by atoms with Crippen LogP contribution in [0.15, 0.2) is 24.3 Å². The molecule has 0 amide bonds. The van der Waals surface area contributed by atoms with Crippen LogP contribution in [-0.4, -0.2) is 13.7 Å². The van der Waals surface area contributed by atoms with Crippen LogP contribution in [0.1, 0.15) is 12.0 Å². The molecule has 0 bridgehead atoms. The first-order valence-corrected chi connectivity index (χ1v) is 4.44. The highest BCUT2D eigenvalue weighted by Crippen LogP contribution is 2.08. The Kier molecular flexibility index (Phi) is 4.39. The molecule has 0 aliphatic carbocycles. The van der Waals surface area contributed by atoms with Crippen molar-refractivity contribution in [3.8, 4) is 11.8 Å². The molecule has 1 nitrogen and oxygen atoms in total. The Hall–Kier alpha value is -0.970. The monoisotopic (exact) mass is 194 g/mol. The Bertz CT molecular complexity index is 305. The van der Waals surface area contributed by atoms with Crippen LogP contribution in [-0.2, 0) is 4.74 Å². The van der Waals surface area contributed by atoms with Crippen LogP contribution >= 0.6 is 11.6 Å². The molecule has 2 heteroatoms. The van der Waals surface area contributed by atoms with E-state index in [2.05, 4.69) is 11.8 Å². The van der Waals surface area contributed by atoms with Gasteiger partial charge in [-0.2, -0.15) is 0 Å². The number of ether oxygens (including phenoxy) is 1. The second kappa shape index (κ2) is 5.64. The summed E-state index contributed by atoms with van der Waals surface area (Å²) in [5.41, 5.74) is 0.987. The minimum absolute atomic E-state index is 0.681. The summed E-state index contributed by atoms with van der Waals surface area (Å²) in [6, 6.07) is 7.48. The highest BCUT2D eigenvalue weighted by Gasteiger charge is 1.86. The maximum absolute atomic E-state index is 5.73. The number of methoxy groups -OCH3 is 1. The fourth-order valence-electron chi connectivity index (χ4n) is 0.851. The van der Waals surface area contributed by atoms with Gasteiger partial charge in [0.25, 0.3) is 0 Å². The molecule has 1 rings (SSSR count). The summed E-state index contributed by atoms with van der Waals surface area (Å²) < 4.78 is 4.88. The Morgan fingerprint density at radius 1 is 1.31 bits per heavy atom. The van der Waals surface area contributed by atoms with E-state index >= 15 is 0 Å². The lowest BCUT2D eigenvalue weighted by Gasteiger charge is -1.90. The summed E-state index contributed by atoms with van der Waals surface area (Å²) in [5.74, 6) is 6.02. The second-order valence-electron chi connectivity index (χ2n) is 2.55. The molecule has 13 heavy (non-hydrogen) atoms. The SMILES string of the molecule is COCCC#Cc1ccc(Cl)cc1. The van der Waals surface area contributed by atoms with Gasteiger partial charge in [0, 0.05) is 24.1 Å². The van der Waals surface area contributed by atoms with E-state index in [0.717, 1.165) is 17.0 Å². The molecule has 0 N–H and O–H groups in total. The maximum Gasteiger partial charge on any atom is 0.0571 e. The fourth-order valence-corrected chi connectivity index (χ4v) is 0.977. The van der Waals surface area contributed by atoms with Crippen molar-refractivity contribution in [1.82, 2.24) is 0 Å². The van der Waals surface area contributed by atoms with Gasteiger partial charge in [-0.05, 0) is 24.3 Å². The quantitative estimate of drug-likeness (QED) is 0.520. The van der Waals surface area contributed by atoms with Crippen LogP contribution < -0.4 is 0 Å². The van der Waals surface area contributed by atoms with Crippen LogP contribution in [0.3, 0.4) is 0 Å². The fraction of sp³-hybridized carbons (Fsp3) is 0.273. The molecule has 0 aliphatic heterocycles. The first-order valence-electron chi connectivity index (χ1n) is 4.06. The zero-order valence-corrected chi connectivity index (χ0v) is 8.27. The predicted molar refractivity (Wildman–Crippen MR) is 54.8 cm³/mol. The minimum Gasteiger partial charge on any atom is -0.384 e. The van der Waals surface area contributed by atoms with E-state index in [9.17, 15) is 0 Å². The molecule has 68 valence electrons. The zero-order chi connectivity index (χ0) is 9.52. The van der Waals surface area contributed by atoms with Crippen molar-refractivity contribution in [2.24, 2.45) is 0 Å². The summed E-state index contributed by atoms with van der Waals surface area (Å²) in [7, 11) is 1.67. The van der Waals surface area contributed by atoms with Crippen molar-refractivity contribution in [1.29, 1.82) is 0 Å². The number of halogens is 1. The molecule has 0 unspecified atom stereocenters. The molecular weight excluding hydrogens is 184 g/mol. The van der Waals surface area contributed by atoms with Crippen molar-refractivity contribution in [2.45, 2.75) is 6.42 Å². The molecule has 1 aromatic carbocycles. The summed E-state index contributed by atoms with van der Waals surface area (Å²) >= 11 is 5.73. The van der Waals surface area contributed by atoms with Gasteiger partial charge >= 0.3 is 0 Å². The van der Waals surface area contributed by atoms with Crippen molar-refractivity contribution in [3.05, 3.63) is 34.9 Å². The van der Waals surface area contributed by atoms with Crippen molar-refractivity contribution in [3.63, 3.8) is 0 Å². The number of hydrogen-bond donors (Lipinski definition) is 0. The normalized spacial score (nSPS) is 9.08. The Labute approximate surface area is 83.7 Å². The van der Waals surface area contributed by atoms with Gasteiger partial charge in [0.05, 0.1) is 6.61 Å². The van der Waals surface area contributed by atoms with Gasteiger partial charge in [0.1, 0.15) is 0 Å². The average molecular weight is 195 g/mol. The van der Waals surface area contributed by atoms with Crippen molar-refractivity contribution in [2.75, 3.05) is 13.7 Å². The molecule has 1 aromatic rings. The van der Waals surface area contributed by atoms with Gasteiger partial charge in [-0.1, -0.05) is 23.4 Å². The van der Waals surface area contributed by atoms with E-state index in [1.54, 1.807) is 7.11 Å². The van der Waals surface area contributed by atoms with E-state index < -0.39 is 0 Å². The largest absolute Gasteiger partial charge is 0.384 e. The molecule has 0 saturated heterocycles. The lowest BCUT2D eigenvalue weighted by molar-refractivity contribution is 0.206. The molecule has 0 aromatic heterocycles. The van der Waals surface area contributed by atoms with Gasteiger partial charge < -0.3 is 4.74 Å². The third-order valence-corrected chi connectivity index (χ3v) is 1.76. The van der Waals surface area contributed by atoms with Crippen LogP contribution in [0.5, 0.6) is 0 Å². The lowest BCUT2D eigenvalue weighted by Crippen LogP contribution is -1.84. The van der Waals surface area contributed by atoms with E-state index in [4.69, 9.17) is 16.3 Å². The van der Waals surface area contributed by atoms with Crippen LogP contribution in [0.2, 0.25) is 5.02 Å². The molecule has 0 aliphatic rings. The highest BCUT2D eigenvalue weighted by molar-refractivity contribution is 6.30. The minimum atomic E-state index is 0.681. The van der Waals surface area contributed by atoms with E-state index in [-0.39, 0.29) is 0 Å².